The molecule has 2 aromatic carbocycles. The maximum atomic E-state index is 13.2. The largest absolute Gasteiger partial charge is 0.382 e. The summed E-state index contributed by atoms with van der Waals surface area (Å²) in [6.45, 7) is 2.67. The molecular formula is C22H28N2O5. The number of nitrogens with zero attached hydrogens (tertiary/aromatic N) is 1. The van der Waals surface area contributed by atoms with Crippen molar-refractivity contribution in [1.29, 1.82) is 0 Å². The number of carbonyl (C=O) groups is 1. The third-order valence-electron chi connectivity index (χ3n) is 4.98. The van der Waals surface area contributed by atoms with Gasteiger partial charge in [-0.2, -0.15) is 0 Å². The number of hydrogen-bond acceptors (Lipinski definition) is 6. The number of benzene rings is 2. The van der Waals surface area contributed by atoms with Crippen molar-refractivity contribution in [1.82, 2.24) is 10.2 Å². The Balaban J connectivity index is 1.76. The van der Waals surface area contributed by atoms with Gasteiger partial charge in [0.15, 0.2) is 11.9 Å². The average Bonchev–Trinajstić information content (AvgIpc) is 3.01. The van der Waals surface area contributed by atoms with Crippen molar-refractivity contribution in [3.63, 3.8) is 0 Å². The molecule has 1 atom stereocenters. The van der Waals surface area contributed by atoms with E-state index in [0.717, 1.165) is 11.1 Å². The second-order valence-corrected chi connectivity index (χ2v) is 6.70. The molecule has 29 heavy (non-hydrogen) atoms. The van der Waals surface area contributed by atoms with Crippen LogP contribution in [-0.4, -0.2) is 69.0 Å². The van der Waals surface area contributed by atoms with Gasteiger partial charge < -0.3 is 24.6 Å². The van der Waals surface area contributed by atoms with Crippen molar-refractivity contribution in [3.05, 3.63) is 71.8 Å². The molecule has 0 radical (unpaired) electrons. The fourth-order valence-electron chi connectivity index (χ4n) is 3.65. The molecule has 1 aliphatic rings. The van der Waals surface area contributed by atoms with Crippen LogP contribution in [0.15, 0.2) is 60.7 Å². The summed E-state index contributed by atoms with van der Waals surface area (Å²) in [4.78, 5) is 14.9. The van der Waals surface area contributed by atoms with E-state index in [0.29, 0.717) is 39.6 Å². The standard InChI is InChI=1S/C22H28N2O5/c1-27-14-15-29-17-16-28-13-12-24-21(26)23-20(25)22(24,18-8-4-2-5-9-18)19-10-6-3-7-11-19/h2-11,21,26H,12-17H2,1H3,(H,23,25). The summed E-state index contributed by atoms with van der Waals surface area (Å²) in [7, 11) is 1.63. The Morgan fingerprint density at radius 2 is 1.41 bits per heavy atom. The van der Waals surface area contributed by atoms with Crippen molar-refractivity contribution in [2.45, 2.75) is 11.9 Å². The molecule has 1 saturated heterocycles. The highest BCUT2D eigenvalue weighted by Crippen LogP contribution is 2.40. The smallest absolute Gasteiger partial charge is 0.252 e. The maximum absolute atomic E-state index is 13.2. The third-order valence-corrected chi connectivity index (χ3v) is 4.98. The molecule has 1 aliphatic heterocycles. The zero-order chi connectivity index (χ0) is 20.5. The predicted molar refractivity (Wildman–Crippen MR) is 108 cm³/mol. The van der Waals surface area contributed by atoms with Gasteiger partial charge in [-0.05, 0) is 11.1 Å². The molecule has 0 bridgehead atoms. The molecule has 3 rings (SSSR count). The minimum atomic E-state index is -1.12. The van der Waals surface area contributed by atoms with Gasteiger partial charge in [0.2, 0.25) is 0 Å². The normalized spacial score (nSPS) is 18.7. The summed E-state index contributed by atoms with van der Waals surface area (Å²) < 4.78 is 16.0. The van der Waals surface area contributed by atoms with Gasteiger partial charge in [0.05, 0.1) is 33.0 Å². The molecule has 156 valence electrons. The molecule has 7 heteroatoms. The Hall–Kier alpha value is -2.29. The van der Waals surface area contributed by atoms with Gasteiger partial charge in [0, 0.05) is 13.7 Å². The lowest BCUT2D eigenvalue weighted by Gasteiger charge is -2.37. The molecular weight excluding hydrogens is 372 g/mol. The van der Waals surface area contributed by atoms with Crippen LogP contribution in [0.25, 0.3) is 0 Å². The molecule has 0 saturated carbocycles. The van der Waals surface area contributed by atoms with E-state index in [9.17, 15) is 9.90 Å². The zero-order valence-electron chi connectivity index (χ0n) is 16.6. The van der Waals surface area contributed by atoms with Crippen LogP contribution in [-0.2, 0) is 24.5 Å². The number of amides is 1. The lowest BCUT2D eigenvalue weighted by Crippen LogP contribution is -2.50. The van der Waals surface area contributed by atoms with Crippen LogP contribution < -0.4 is 5.32 Å². The van der Waals surface area contributed by atoms with Gasteiger partial charge in [-0.1, -0.05) is 60.7 Å². The minimum absolute atomic E-state index is 0.259. The van der Waals surface area contributed by atoms with Crippen molar-refractivity contribution in [3.8, 4) is 0 Å². The summed E-state index contributed by atoms with van der Waals surface area (Å²) in [6, 6.07) is 19.0. The van der Waals surface area contributed by atoms with Crippen LogP contribution in [0.3, 0.4) is 0 Å². The molecule has 2 aromatic rings. The van der Waals surface area contributed by atoms with Crippen LogP contribution in [0.2, 0.25) is 0 Å². The second kappa shape index (κ2) is 10.5. The molecule has 7 nitrogen and oxygen atoms in total. The highest BCUT2D eigenvalue weighted by molar-refractivity contribution is 5.93. The molecule has 1 fully saturated rings. The lowest BCUT2D eigenvalue weighted by molar-refractivity contribution is -0.125. The van der Waals surface area contributed by atoms with E-state index in [4.69, 9.17) is 14.2 Å². The van der Waals surface area contributed by atoms with Crippen LogP contribution in [0.1, 0.15) is 11.1 Å². The molecule has 1 unspecified atom stereocenters. The SMILES string of the molecule is COCCOCCOCCN1C(O)NC(=O)C1(c1ccccc1)c1ccccc1. The first-order chi connectivity index (χ1) is 14.2. The van der Waals surface area contributed by atoms with Crippen molar-refractivity contribution >= 4 is 5.91 Å². The first-order valence-electron chi connectivity index (χ1n) is 9.72. The number of nitrogens with one attached hydrogen (secondary N) is 1. The van der Waals surface area contributed by atoms with Crippen LogP contribution >= 0.6 is 0 Å². The van der Waals surface area contributed by atoms with Gasteiger partial charge in [-0.25, -0.2) is 4.90 Å². The van der Waals surface area contributed by atoms with Gasteiger partial charge in [-0.15, -0.1) is 0 Å². The molecule has 2 N–H and O–H groups in total. The van der Waals surface area contributed by atoms with Gasteiger partial charge in [-0.3, -0.25) is 4.79 Å². The van der Waals surface area contributed by atoms with Crippen molar-refractivity contribution in [2.24, 2.45) is 0 Å². The van der Waals surface area contributed by atoms with Crippen molar-refractivity contribution in [2.75, 3.05) is 46.7 Å². The maximum Gasteiger partial charge on any atom is 0.252 e. The first-order valence-corrected chi connectivity index (χ1v) is 9.72. The number of methoxy groups -OCH3 is 1. The summed E-state index contributed by atoms with van der Waals surface area (Å²) in [5.74, 6) is -0.259. The highest BCUT2D eigenvalue weighted by Gasteiger charge is 2.55. The molecule has 0 aliphatic carbocycles. The Morgan fingerprint density at radius 3 is 1.97 bits per heavy atom. The quantitative estimate of drug-likeness (QED) is 0.554. The monoisotopic (exact) mass is 400 g/mol. The van der Waals surface area contributed by atoms with Crippen LogP contribution in [0.4, 0.5) is 0 Å². The number of rotatable bonds is 11. The Morgan fingerprint density at radius 1 is 0.897 bits per heavy atom. The summed E-state index contributed by atoms with van der Waals surface area (Å²) in [6.07, 6.45) is -1.11. The number of aliphatic hydroxyl groups is 1. The molecule has 1 heterocycles. The Kier molecular flexibility index (Phi) is 7.74. The number of aliphatic hydroxyl groups excluding tert-OH is 1. The second-order valence-electron chi connectivity index (χ2n) is 6.70. The van der Waals surface area contributed by atoms with Gasteiger partial charge >= 0.3 is 0 Å². The van der Waals surface area contributed by atoms with Gasteiger partial charge in [0.25, 0.3) is 5.91 Å². The van der Waals surface area contributed by atoms with E-state index in [1.165, 1.54) is 0 Å². The zero-order valence-corrected chi connectivity index (χ0v) is 16.6. The van der Waals surface area contributed by atoms with E-state index in [2.05, 4.69) is 5.32 Å². The van der Waals surface area contributed by atoms with E-state index in [1.807, 2.05) is 60.7 Å². The van der Waals surface area contributed by atoms with Crippen LogP contribution in [0.5, 0.6) is 0 Å². The lowest BCUT2D eigenvalue weighted by atomic mass is 9.81. The summed E-state index contributed by atoms with van der Waals surface area (Å²) in [5.41, 5.74) is 0.464. The number of hydrogen-bond donors (Lipinski definition) is 2. The van der Waals surface area contributed by atoms with Gasteiger partial charge in [0.1, 0.15) is 0 Å². The highest BCUT2D eigenvalue weighted by atomic mass is 16.5. The van der Waals surface area contributed by atoms with E-state index < -0.39 is 11.9 Å². The fraction of sp³-hybridized carbons (Fsp3) is 0.409. The number of carbonyl (C=O) groups excluding carboxylic acids is 1. The Bertz CT molecular complexity index is 717. The van der Waals surface area contributed by atoms with E-state index in [-0.39, 0.29) is 5.91 Å². The predicted octanol–water partition coefficient (Wildman–Crippen LogP) is 1.32. The molecule has 1 amide bonds. The topological polar surface area (TPSA) is 80.3 Å². The molecule has 0 aromatic heterocycles. The molecule has 0 spiro atoms. The summed E-state index contributed by atoms with van der Waals surface area (Å²) in [5, 5.41) is 13.3. The summed E-state index contributed by atoms with van der Waals surface area (Å²) >= 11 is 0. The van der Waals surface area contributed by atoms with Crippen LogP contribution in [0, 0.1) is 0 Å². The minimum Gasteiger partial charge on any atom is -0.382 e. The first kappa shape index (κ1) is 21.4. The Labute approximate surface area is 171 Å². The average molecular weight is 400 g/mol. The van der Waals surface area contributed by atoms with Crippen molar-refractivity contribution < 1.29 is 24.1 Å². The fourth-order valence-corrected chi connectivity index (χ4v) is 3.65. The van der Waals surface area contributed by atoms with E-state index >= 15 is 0 Å². The number of ether oxygens (including phenoxy) is 3. The van der Waals surface area contributed by atoms with E-state index in [1.54, 1.807) is 12.0 Å². The third kappa shape index (κ3) is 4.66.